The molecule has 0 unspecified atom stereocenters. The first-order chi connectivity index (χ1) is 22.0. The third kappa shape index (κ3) is 7.39. The Morgan fingerprint density at radius 3 is 2.30 bits per heavy atom. The topological polar surface area (TPSA) is 25.8 Å². The summed E-state index contributed by atoms with van der Waals surface area (Å²) >= 11 is -0.433. The summed E-state index contributed by atoms with van der Waals surface area (Å²) in [5.74, 6) is 6.33. The molecule has 7 rings (SSSR count). The Morgan fingerprint density at radius 2 is 1.59 bits per heavy atom. The normalized spacial score (nSPS) is 11.8. The van der Waals surface area contributed by atoms with Crippen LogP contribution in [0.4, 0.5) is 4.39 Å². The van der Waals surface area contributed by atoms with Gasteiger partial charge in [-0.25, -0.2) is 4.39 Å². The van der Waals surface area contributed by atoms with Gasteiger partial charge in [0.05, 0.1) is 0 Å². The van der Waals surface area contributed by atoms with E-state index in [0.29, 0.717) is 0 Å². The first-order valence-corrected chi connectivity index (χ1v) is 23.2. The van der Waals surface area contributed by atoms with Crippen molar-refractivity contribution in [3.8, 4) is 33.6 Å². The van der Waals surface area contributed by atoms with Crippen LogP contribution in [0.1, 0.15) is 26.7 Å². The maximum atomic E-state index is 13.5. The first kappa shape index (κ1) is 32.5. The van der Waals surface area contributed by atoms with Crippen molar-refractivity contribution in [1.82, 2.24) is 9.97 Å². The second kappa shape index (κ2) is 14.5. The number of fused-ring (bicyclic) bond motifs is 3. The summed E-state index contributed by atoms with van der Waals surface area (Å²) < 4.78 is 25.2. The molecule has 0 spiro atoms. The van der Waals surface area contributed by atoms with Gasteiger partial charge in [0.25, 0.3) is 0 Å². The Balaban J connectivity index is 0.000000181. The number of rotatable bonds is 5. The van der Waals surface area contributed by atoms with Gasteiger partial charge in [-0.1, -0.05) is 36.9 Å². The van der Waals surface area contributed by atoms with Crippen LogP contribution in [0.5, 0.6) is 0 Å². The van der Waals surface area contributed by atoms with Gasteiger partial charge in [-0.3, -0.25) is 0 Å². The number of pyridine rings is 2. The fourth-order valence-electron chi connectivity index (χ4n) is 5.39. The van der Waals surface area contributed by atoms with Crippen LogP contribution in [0, 0.1) is 17.9 Å². The van der Waals surface area contributed by atoms with Gasteiger partial charge in [0, 0.05) is 32.4 Å². The molecule has 3 aromatic heterocycles. The largest absolute Gasteiger partial charge is 0 e. The van der Waals surface area contributed by atoms with E-state index >= 15 is 0 Å². The molecule has 7 aromatic rings. The van der Waals surface area contributed by atoms with Gasteiger partial charge in [-0.05, 0) is 39.9 Å². The molecule has 3 heterocycles. The van der Waals surface area contributed by atoms with Crippen LogP contribution in [0.3, 0.4) is 0 Å². The molecule has 0 saturated carbocycles. The van der Waals surface area contributed by atoms with Gasteiger partial charge in [-0.2, -0.15) is 11.3 Å². The number of aromatic nitrogens is 2. The summed E-state index contributed by atoms with van der Waals surface area (Å²) in [4.78, 5) is 9.20. The summed E-state index contributed by atoms with van der Waals surface area (Å²) in [6.07, 6.45) is 3.83. The smallest absolute Gasteiger partial charge is 0 e. The van der Waals surface area contributed by atoms with Crippen molar-refractivity contribution in [2.24, 2.45) is 0 Å². The Labute approximate surface area is 292 Å². The van der Waals surface area contributed by atoms with E-state index in [-0.39, 0.29) is 25.9 Å². The Kier molecular flexibility index (Phi) is 10.2. The van der Waals surface area contributed by atoms with Crippen LogP contribution in [-0.2, 0) is 20.1 Å². The van der Waals surface area contributed by atoms with Crippen molar-refractivity contribution >= 4 is 49.2 Å². The number of nitrogens with zero attached hydrogens (tertiary/aromatic N) is 2. The van der Waals surface area contributed by atoms with Gasteiger partial charge < -0.3 is 4.98 Å². The number of halogens is 1. The molecule has 0 aliphatic carbocycles. The van der Waals surface area contributed by atoms with Gasteiger partial charge in [0.2, 0.25) is 0 Å². The van der Waals surface area contributed by atoms with Crippen LogP contribution < -0.4 is 4.40 Å². The first-order valence-electron chi connectivity index (χ1n) is 15.5. The monoisotopic (exact) mass is 862 g/mol. The van der Waals surface area contributed by atoms with E-state index in [1.54, 1.807) is 23.6 Å². The zero-order valence-electron chi connectivity index (χ0n) is 27.5. The number of benzene rings is 4. The van der Waals surface area contributed by atoms with E-state index in [1.807, 2.05) is 62.4 Å². The zero-order chi connectivity index (χ0) is 32.5. The quantitative estimate of drug-likeness (QED) is 0.127. The molecule has 4 aromatic carbocycles. The predicted molar refractivity (Wildman–Crippen MR) is 192 cm³/mol. The van der Waals surface area contributed by atoms with Gasteiger partial charge in [-0.15, -0.1) is 23.8 Å². The summed E-state index contributed by atoms with van der Waals surface area (Å²) in [7, 11) is 0. The Bertz CT molecular complexity index is 2140. The van der Waals surface area contributed by atoms with Crippen LogP contribution in [0.15, 0.2) is 116 Å². The van der Waals surface area contributed by atoms with Crippen molar-refractivity contribution in [3.63, 3.8) is 0 Å². The predicted octanol–water partition coefficient (Wildman–Crippen LogP) is 10.9. The van der Waals surface area contributed by atoms with E-state index in [0.717, 1.165) is 48.3 Å². The molecule has 0 aliphatic rings. The minimum absolute atomic E-state index is 0. The van der Waals surface area contributed by atoms with Crippen molar-refractivity contribution in [1.29, 1.82) is 0 Å². The van der Waals surface area contributed by atoms with Crippen molar-refractivity contribution in [3.05, 3.63) is 139 Å². The van der Waals surface area contributed by atoms with E-state index in [1.165, 1.54) is 21.6 Å². The van der Waals surface area contributed by atoms with E-state index < -0.39 is 19.2 Å². The Morgan fingerprint density at radius 1 is 0.804 bits per heavy atom. The van der Waals surface area contributed by atoms with Gasteiger partial charge in [0.15, 0.2) is 0 Å². The number of hydrogen-bond donors (Lipinski definition) is 0. The summed E-state index contributed by atoms with van der Waals surface area (Å²) in [5, 5.41) is 2.13. The molecule has 0 N–H and O–H groups in total. The van der Waals surface area contributed by atoms with Crippen LogP contribution in [0.25, 0.3) is 53.8 Å². The molecule has 0 fully saturated rings. The molecule has 0 saturated heterocycles. The fourth-order valence-corrected chi connectivity index (χ4v) is 9.72. The second-order valence-electron chi connectivity index (χ2n) is 12.3. The SMILES string of the molecule is [2H]C(C)(C)c1ccnc(-c2[c-]ccc3c2sc2cc(F)ccc23)c1.[CH3][Ge]([CH3])([CH3])[c]1cnc(-c2[c-]cccc2)cc1-c1ccccc1.[Ir]. The average Bonchev–Trinajstić information content (AvgIpc) is 3.42. The van der Waals surface area contributed by atoms with Gasteiger partial charge in [0.1, 0.15) is 5.82 Å². The molecular weight excluding hydrogens is 824 g/mol. The molecule has 1 radical (unpaired) electrons. The summed E-state index contributed by atoms with van der Waals surface area (Å²) in [5.41, 5.74) is 7.26. The molecule has 0 amide bonds. The number of thiophene rings is 1. The minimum Gasteiger partial charge on any atom is 0 e. The molecule has 2 nitrogen and oxygen atoms in total. The van der Waals surface area contributed by atoms with Crippen molar-refractivity contribution in [2.75, 3.05) is 0 Å². The summed E-state index contributed by atoms with van der Waals surface area (Å²) in [6, 6.07) is 40.0. The van der Waals surface area contributed by atoms with Crippen LogP contribution >= 0.6 is 11.3 Å². The number of hydrogen-bond acceptors (Lipinski definition) is 3. The van der Waals surface area contributed by atoms with Crippen LogP contribution in [0.2, 0.25) is 17.3 Å². The third-order valence-electron chi connectivity index (χ3n) is 7.77. The molecule has 0 bridgehead atoms. The molecule has 0 aliphatic heterocycles. The van der Waals surface area contributed by atoms with E-state index in [2.05, 4.69) is 83.0 Å². The minimum atomic E-state index is -1.99. The van der Waals surface area contributed by atoms with Crippen molar-refractivity contribution in [2.45, 2.75) is 37.0 Å². The maximum Gasteiger partial charge on any atom is 0 e. The van der Waals surface area contributed by atoms with E-state index in [4.69, 9.17) is 6.35 Å². The second-order valence-corrected chi connectivity index (χ2v) is 23.9. The molecule has 233 valence electrons. The summed E-state index contributed by atoms with van der Waals surface area (Å²) in [6.45, 7) is 3.72. The average molecular weight is 861 g/mol. The maximum absolute atomic E-state index is 13.5. The molecule has 0 atom stereocenters. The molecule has 6 heteroatoms. The Hall–Kier alpha value is -3.48. The standard InChI is InChI=1S/C20H15FNS.C20H20GeN.Ir/c1-12(2)13-8-9-22-18(10-13)17-5-3-4-16-15-7-6-14(21)11-19(15)23-20(16)17;1-21(2,3)19-15-22-20(17-12-8-5-9-13-17)14-18(19)16-10-6-4-7-11-16;/h3-4,6-12H,1-2H3;4-12,14-15H,1-3H3;/q2*-1;/i12D;;. The zero-order valence-corrected chi connectivity index (χ0v) is 31.8. The molecular formula is C40H35FGeIrN2S-2. The molecule has 46 heavy (non-hydrogen) atoms. The van der Waals surface area contributed by atoms with Gasteiger partial charge >= 0.3 is 135 Å². The van der Waals surface area contributed by atoms with E-state index in [9.17, 15) is 4.39 Å². The van der Waals surface area contributed by atoms with Crippen molar-refractivity contribution < 1.29 is 25.9 Å². The third-order valence-corrected chi connectivity index (χ3v) is 13.2. The fraction of sp³-hybridized carbons (Fsp3) is 0.150. The van der Waals surface area contributed by atoms with Crippen LogP contribution in [-0.4, -0.2) is 23.2 Å².